The second-order valence-corrected chi connectivity index (χ2v) is 3.53. The number of nitrogens with zero attached hydrogens (tertiary/aromatic N) is 3. The average molecular weight is 226 g/mol. The molecule has 17 heavy (non-hydrogen) atoms. The van der Waals surface area contributed by atoms with Crippen LogP contribution in [0.2, 0.25) is 0 Å². The minimum absolute atomic E-state index is 0.558. The van der Waals surface area contributed by atoms with E-state index >= 15 is 0 Å². The zero-order valence-electron chi connectivity index (χ0n) is 8.88. The topological polar surface area (TPSA) is 92.5 Å². The lowest BCUT2D eigenvalue weighted by molar-refractivity contribution is 1.09. The minimum Gasteiger partial charge on any atom is -0.308 e. The van der Waals surface area contributed by atoms with Crippen LogP contribution < -0.4 is 11.3 Å². The number of nitrogens with two attached hydrogens (primary N) is 1. The van der Waals surface area contributed by atoms with Crippen molar-refractivity contribution < 1.29 is 0 Å². The summed E-state index contributed by atoms with van der Waals surface area (Å²) in [5, 5.41) is 7.88. The molecule has 0 bridgehead atoms. The van der Waals surface area contributed by atoms with Crippen molar-refractivity contribution in [1.82, 2.24) is 20.2 Å². The number of nitrogens with one attached hydrogen (secondary N) is 2. The average Bonchev–Trinajstić information content (AvgIpc) is 2.83. The standard InChI is InChI=1S/C11H10N6/c12-15-10-8-9(7-4-2-1-3-5-7)16-17-11(8)14-6-13-10/h1-6H,12H2,(H2,13,14,15,16,17). The van der Waals surface area contributed by atoms with Crippen molar-refractivity contribution in [2.75, 3.05) is 5.43 Å². The van der Waals surface area contributed by atoms with E-state index in [1.54, 1.807) is 0 Å². The van der Waals surface area contributed by atoms with Gasteiger partial charge >= 0.3 is 0 Å². The lowest BCUT2D eigenvalue weighted by Crippen LogP contribution is -2.09. The molecule has 0 atom stereocenters. The fraction of sp³-hybridized carbons (Fsp3) is 0. The van der Waals surface area contributed by atoms with Crippen molar-refractivity contribution in [3.05, 3.63) is 36.7 Å². The van der Waals surface area contributed by atoms with Gasteiger partial charge in [-0.1, -0.05) is 30.3 Å². The second kappa shape index (κ2) is 3.84. The molecule has 6 nitrogen and oxygen atoms in total. The molecule has 0 radical (unpaired) electrons. The van der Waals surface area contributed by atoms with Crippen LogP contribution in [0.15, 0.2) is 36.7 Å². The van der Waals surface area contributed by atoms with Crippen molar-refractivity contribution in [3.63, 3.8) is 0 Å². The molecule has 2 heterocycles. The Bertz CT molecular complexity index is 645. The predicted octanol–water partition coefficient (Wildman–Crippen LogP) is 1.31. The monoisotopic (exact) mass is 226 g/mol. The summed E-state index contributed by atoms with van der Waals surface area (Å²) in [5.74, 6) is 6.00. The summed E-state index contributed by atoms with van der Waals surface area (Å²) in [6.07, 6.45) is 1.42. The number of nitrogen functional groups attached to an aromatic ring is 1. The highest BCUT2D eigenvalue weighted by Gasteiger charge is 2.12. The van der Waals surface area contributed by atoms with Gasteiger partial charge in [0.15, 0.2) is 11.5 Å². The first-order valence-electron chi connectivity index (χ1n) is 5.11. The fourth-order valence-electron chi connectivity index (χ4n) is 1.78. The van der Waals surface area contributed by atoms with Crippen LogP contribution in [0.4, 0.5) is 5.82 Å². The number of H-pyrrole nitrogens is 1. The molecule has 0 aliphatic rings. The highest BCUT2D eigenvalue weighted by Crippen LogP contribution is 2.28. The van der Waals surface area contributed by atoms with Crippen molar-refractivity contribution in [2.45, 2.75) is 0 Å². The number of hydrogen-bond donors (Lipinski definition) is 3. The summed E-state index contributed by atoms with van der Waals surface area (Å²) in [5.41, 5.74) is 5.02. The van der Waals surface area contributed by atoms with Crippen LogP contribution >= 0.6 is 0 Å². The van der Waals surface area contributed by atoms with E-state index in [1.807, 2.05) is 30.3 Å². The molecule has 3 rings (SSSR count). The van der Waals surface area contributed by atoms with Gasteiger partial charge in [-0.2, -0.15) is 5.10 Å². The third-order valence-electron chi connectivity index (χ3n) is 2.55. The quantitative estimate of drug-likeness (QED) is 0.452. The first-order chi connectivity index (χ1) is 8.40. The van der Waals surface area contributed by atoms with E-state index in [-0.39, 0.29) is 0 Å². The Morgan fingerprint density at radius 1 is 1.12 bits per heavy atom. The maximum absolute atomic E-state index is 5.44. The molecule has 0 spiro atoms. The van der Waals surface area contributed by atoms with Gasteiger partial charge < -0.3 is 5.43 Å². The molecule has 0 saturated heterocycles. The van der Waals surface area contributed by atoms with Crippen LogP contribution in [-0.4, -0.2) is 20.2 Å². The minimum atomic E-state index is 0.558. The number of hydrogen-bond acceptors (Lipinski definition) is 5. The summed E-state index contributed by atoms with van der Waals surface area (Å²) in [6.45, 7) is 0. The van der Waals surface area contributed by atoms with Gasteiger partial charge in [0.2, 0.25) is 0 Å². The number of benzene rings is 1. The number of aromatic amines is 1. The van der Waals surface area contributed by atoms with Crippen molar-refractivity contribution in [3.8, 4) is 11.3 Å². The molecule has 0 aliphatic carbocycles. The van der Waals surface area contributed by atoms with E-state index in [9.17, 15) is 0 Å². The van der Waals surface area contributed by atoms with Crippen molar-refractivity contribution >= 4 is 16.9 Å². The van der Waals surface area contributed by atoms with Crippen LogP contribution in [0, 0.1) is 0 Å². The van der Waals surface area contributed by atoms with Crippen LogP contribution in [0.1, 0.15) is 0 Å². The molecule has 0 amide bonds. The highest BCUT2D eigenvalue weighted by atomic mass is 15.3. The Balaban J connectivity index is 2.31. The first-order valence-corrected chi connectivity index (χ1v) is 5.11. The van der Waals surface area contributed by atoms with E-state index in [1.165, 1.54) is 6.33 Å². The van der Waals surface area contributed by atoms with Gasteiger partial charge in [0.25, 0.3) is 0 Å². The van der Waals surface area contributed by atoms with E-state index in [0.29, 0.717) is 11.5 Å². The van der Waals surface area contributed by atoms with Gasteiger partial charge in [-0.25, -0.2) is 15.8 Å². The van der Waals surface area contributed by atoms with Gasteiger partial charge in [-0.15, -0.1) is 0 Å². The Morgan fingerprint density at radius 2 is 1.94 bits per heavy atom. The van der Waals surface area contributed by atoms with Gasteiger partial charge in [-0.05, 0) is 0 Å². The Kier molecular flexibility index (Phi) is 2.20. The SMILES string of the molecule is NNc1ncnc2n[nH]c(-c3ccccc3)c12. The summed E-state index contributed by atoms with van der Waals surface area (Å²) in [6, 6.07) is 9.85. The molecule has 0 fully saturated rings. The molecule has 2 aromatic heterocycles. The Hall–Kier alpha value is -2.47. The summed E-state index contributed by atoms with van der Waals surface area (Å²) in [4.78, 5) is 8.16. The lowest BCUT2D eigenvalue weighted by atomic mass is 10.1. The summed E-state index contributed by atoms with van der Waals surface area (Å²) in [7, 11) is 0. The van der Waals surface area contributed by atoms with Gasteiger partial charge in [0.05, 0.1) is 11.1 Å². The third kappa shape index (κ3) is 1.51. The zero-order valence-corrected chi connectivity index (χ0v) is 8.88. The number of fused-ring (bicyclic) bond motifs is 1. The molecule has 1 aromatic carbocycles. The Morgan fingerprint density at radius 3 is 2.71 bits per heavy atom. The molecule has 3 aromatic rings. The van der Waals surface area contributed by atoms with Gasteiger partial charge in [0.1, 0.15) is 6.33 Å². The van der Waals surface area contributed by atoms with Gasteiger partial charge in [-0.3, -0.25) is 5.10 Å². The number of aromatic nitrogens is 4. The third-order valence-corrected chi connectivity index (χ3v) is 2.55. The summed E-state index contributed by atoms with van der Waals surface area (Å²) >= 11 is 0. The Labute approximate surface area is 96.9 Å². The number of hydrazine groups is 1. The van der Waals surface area contributed by atoms with Crippen molar-refractivity contribution in [1.29, 1.82) is 0 Å². The normalized spacial score (nSPS) is 10.6. The predicted molar refractivity (Wildman–Crippen MR) is 64.9 cm³/mol. The number of rotatable bonds is 2. The number of anilines is 1. The highest BCUT2D eigenvalue weighted by molar-refractivity contribution is 5.98. The lowest BCUT2D eigenvalue weighted by Gasteiger charge is -2.02. The molecule has 0 unspecified atom stereocenters. The second-order valence-electron chi connectivity index (χ2n) is 3.53. The molecule has 6 heteroatoms. The maximum atomic E-state index is 5.44. The van der Waals surface area contributed by atoms with E-state index < -0.39 is 0 Å². The molecule has 84 valence electrons. The van der Waals surface area contributed by atoms with E-state index in [2.05, 4.69) is 25.6 Å². The van der Waals surface area contributed by atoms with Gasteiger partial charge in [0, 0.05) is 5.56 Å². The zero-order chi connectivity index (χ0) is 11.7. The molecule has 0 aliphatic heterocycles. The van der Waals surface area contributed by atoms with E-state index in [0.717, 1.165) is 16.6 Å². The maximum Gasteiger partial charge on any atom is 0.186 e. The van der Waals surface area contributed by atoms with E-state index in [4.69, 9.17) is 5.84 Å². The molecule has 4 N–H and O–H groups in total. The van der Waals surface area contributed by atoms with Crippen LogP contribution in [-0.2, 0) is 0 Å². The van der Waals surface area contributed by atoms with Crippen LogP contribution in [0.25, 0.3) is 22.3 Å². The fourth-order valence-corrected chi connectivity index (χ4v) is 1.78. The smallest absolute Gasteiger partial charge is 0.186 e. The summed E-state index contributed by atoms with van der Waals surface area (Å²) < 4.78 is 0. The molecule has 0 saturated carbocycles. The van der Waals surface area contributed by atoms with Crippen LogP contribution in [0.3, 0.4) is 0 Å². The largest absolute Gasteiger partial charge is 0.308 e. The molecular weight excluding hydrogens is 216 g/mol. The van der Waals surface area contributed by atoms with Crippen LogP contribution in [0.5, 0.6) is 0 Å². The first kappa shape index (κ1) is 9.73. The molecular formula is C11H10N6. The van der Waals surface area contributed by atoms with Crippen molar-refractivity contribution in [2.24, 2.45) is 5.84 Å².